The highest BCUT2D eigenvalue weighted by molar-refractivity contribution is 7.92. The third-order valence-electron chi connectivity index (χ3n) is 5.68. The molecule has 11 nitrogen and oxygen atoms in total. The molecule has 37 heavy (non-hydrogen) atoms. The Labute approximate surface area is 217 Å². The zero-order valence-electron chi connectivity index (χ0n) is 21.9. The van der Waals surface area contributed by atoms with Crippen LogP contribution in [0.2, 0.25) is 0 Å². The molecule has 0 radical (unpaired) electrons. The third-order valence-corrected chi connectivity index (χ3v) is 6.81. The molecule has 0 spiro atoms. The number of non-ortho nitro benzene ring substituents is 1. The van der Waals surface area contributed by atoms with Gasteiger partial charge in [0.05, 0.1) is 24.0 Å². The number of amides is 2. The van der Waals surface area contributed by atoms with E-state index >= 15 is 0 Å². The Morgan fingerprint density at radius 2 is 1.76 bits per heavy atom. The van der Waals surface area contributed by atoms with Crippen LogP contribution < -0.4 is 14.4 Å². The summed E-state index contributed by atoms with van der Waals surface area (Å²) in [6.07, 6.45) is 1.21. The summed E-state index contributed by atoms with van der Waals surface area (Å²) in [5, 5.41) is 14.1. The number of methoxy groups -OCH3 is 1. The lowest BCUT2D eigenvalue weighted by Crippen LogP contribution is -2.53. The molecule has 2 aromatic carbocycles. The lowest BCUT2D eigenvalue weighted by atomic mass is 10.1. The Bertz CT molecular complexity index is 1230. The van der Waals surface area contributed by atoms with Crippen molar-refractivity contribution < 1.29 is 27.7 Å². The number of aryl methyl sites for hydroxylation is 1. The van der Waals surface area contributed by atoms with Crippen molar-refractivity contribution in [3.05, 3.63) is 63.7 Å². The molecule has 0 fully saturated rings. The number of nitro benzene ring substituents is 1. The van der Waals surface area contributed by atoms with Crippen LogP contribution in [0.25, 0.3) is 0 Å². The van der Waals surface area contributed by atoms with E-state index in [0.717, 1.165) is 16.6 Å². The predicted octanol–water partition coefficient (Wildman–Crippen LogP) is 3.01. The average Bonchev–Trinajstić information content (AvgIpc) is 2.81. The quantitative estimate of drug-likeness (QED) is 0.326. The topological polar surface area (TPSA) is 139 Å². The van der Waals surface area contributed by atoms with Crippen molar-refractivity contribution in [3.63, 3.8) is 0 Å². The minimum Gasteiger partial charge on any atom is -0.497 e. The summed E-state index contributed by atoms with van der Waals surface area (Å²) in [5.41, 5.74) is 0.867. The van der Waals surface area contributed by atoms with E-state index in [1.54, 1.807) is 52.0 Å². The number of rotatable bonds is 12. The first-order valence-corrected chi connectivity index (χ1v) is 13.6. The summed E-state index contributed by atoms with van der Waals surface area (Å²) in [6.45, 7) is 6.37. The van der Waals surface area contributed by atoms with E-state index in [-0.39, 0.29) is 36.3 Å². The second-order valence-electron chi connectivity index (χ2n) is 8.95. The van der Waals surface area contributed by atoms with E-state index in [2.05, 4.69) is 5.32 Å². The fraction of sp³-hybridized carbons (Fsp3) is 0.440. The Morgan fingerprint density at radius 3 is 2.24 bits per heavy atom. The first-order chi connectivity index (χ1) is 17.3. The Balaban J connectivity index is 2.52. The molecule has 2 rings (SSSR count). The maximum absolute atomic E-state index is 13.7. The van der Waals surface area contributed by atoms with Crippen LogP contribution in [0.1, 0.15) is 38.3 Å². The van der Waals surface area contributed by atoms with Gasteiger partial charge in [0.15, 0.2) is 0 Å². The van der Waals surface area contributed by atoms with Gasteiger partial charge in [-0.3, -0.25) is 24.0 Å². The van der Waals surface area contributed by atoms with Crippen molar-refractivity contribution >= 4 is 33.2 Å². The molecule has 1 atom stereocenters. The van der Waals surface area contributed by atoms with Crippen LogP contribution in [-0.2, 0) is 26.2 Å². The molecule has 0 aliphatic carbocycles. The number of hydrogen-bond donors (Lipinski definition) is 1. The molecule has 0 aliphatic rings. The van der Waals surface area contributed by atoms with Crippen molar-refractivity contribution in [2.75, 3.05) is 24.2 Å². The molecule has 2 amide bonds. The maximum atomic E-state index is 13.7. The zero-order chi connectivity index (χ0) is 27.9. The summed E-state index contributed by atoms with van der Waals surface area (Å²) in [5.74, 6) is -0.370. The first kappa shape index (κ1) is 29.6. The van der Waals surface area contributed by atoms with Crippen LogP contribution in [0.4, 0.5) is 11.4 Å². The number of carbonyl (C=O) groups is 2. The fourth-order valence-corrected chi connectivity index (χ4v) is 4.70. The summed E-state index contributed by atoms with van der Waals surface area (Å²) in [6, 6.07) is 9.74. The average molecular weight is 535 g/mol. The van der Waals surface area contributed by atoms with Gasteiger partial charge < -0.3 is 15.0 Å². The second-order valence-corrected chi connectivity index (χ2v) is 10.9. The molecule has 1 N–H and O–H groups in total. The number of hydrogen-bond acceptors (Lipinski definition) is 7. The molecule has 0 aliphatic heterocycles. The van der Waals surface area contributed by atoms with Gasteiger partial charge in [-0.15, -0.1) is 0 Å². The van der Waals surface area contributed by atoms with E-state index < -0.39 is 33.4 Å². The molecular formula is C25H34N4O7S. The van der Waals surface area contributed by atoms with E-state index in [9.17, 15) is 28.1 Å². The molecule has 2 aromatic rings. The molecule has 202 valence electrons. The Kier molecular flexibility index (Phi) is 10.0. The molecule has 0 saturated heterocycles. The number of nitrogens with one attached hydrogen (secondary N) is 1. The highest BCUT2D eigenvalue weighted by Gasteiger charge is 2.32. The standard InChI is InChI=1S/C25H34N4O7S/c1-7-22(25(31)26-17(2)3)27(15-19-9-12-21(36-5)13-10-19)24(30)16-28(37(6,34)35)23-14-20(29(32)33)11-8-18(23)4/h8-14,17,22H,7,15-16H2,1-6H3,(H,26,31)/t22-/m1/s1. The second kappa shape index (κ2) is 12.5. The van der Waals surface area contributed by atoms with Crippen molar-refractivity contribution in [1.82, 2.24) is 10.2 Å². The van der Waals surface area contributed by atoms with Crippen LogP contribution in [0.15, 0.2) is 42.5 Å². The van der Waals surface area contributed by atoms with Gasteiger partial charge in [0.25, 0.3) is 5.69 Å². The van der Waals surface area contributed by atoms with Crippen LogP contribution >= 0.6 is 0 Å². The maximum Gasteiger partial charge on any atom is 0.271 e. The highest BCUT2D eigenvalue weighted by Crippen LogP contribution is 2.28. The van der Waals surface area contributed by atoms with Crippen LogP contribution in [-0.4, -0.2) is 62.0 Å². The molecule has 0 aromatic heterocycles. The van der Waals surface area contributed by atoms with Crippen molar-refractivity contribution in [1.29, 1.82) is 0 Å². The van der Waals surface area contributed by atoms with Crippen molar-refractivity contribution in [2.45, 2.75) is 52.7 Å². The van der Waals surface area contributed by atoms with Crippen LogP contribution in [0.5, 0.6) is 5.75 Å². The highest BCUT2D eigenvalue weighted by atomic mass is 32.2. The molecule has 0 bridgehead atoms. The van der Waals surface area contributed by atoms with Gasteiger partial charge in [-0.05, 0) is 50.5 Å². The molecule has 0 saturated carbocycles. The Hall–Kier alpha value is -3.67. The lowest BCUT2D eigenvalue weighted by molar-refractivity contribution is -0.384. The monoisotopic (exact) mass is 534 g/mol. The van der Waals surface area contributed by atoms with Gasteiger partial charge in [-0.1, -0.05) is 25.1 Å². The minimum atomic E-state index is -4.02. The zero-order valence-corrected chi connectivity index (χ0v) is 22.7. The number of sulfonamides is 1. The van der Waals surface area contributed by atoms with Gasteiger partial charge in [0.1, 0.15) is 18.3 Å². The van der Waals surface area contributed by atoms with Crippen LogP contribution in [0.3, 0.4) is 0 Å². The minimum absolute atomic E-state index is 0.0223. The number of carbonyl (C=O) groups excluding carboxylic acids is 2. The predicted molar refractivity (Wildman–Crippen MR) is 141 cm³/mol. The van der Waals surface area contributed by atoms with E-state index in [1.807, 2.05) is 0 Å². The first-order valence-electron chi connectivity index (χ1n) is 11.7. The number of ether oxygens (including phenoxy) is 1. The van der Waals surface area contributed by atoms with Crippen molar-refractivity contribution in [3.8, 4) is 5.75 Å². The van der Waals surface area contributed by atoms with Gasteiger partial charge in [-0.2, -0.15) is 0 Å². The molecule has 12 heteroatoms. The summed E-state index contributed by atoms with van der Waals surface area (Å²) >= 11 is 0. The van der Waals surface area contributed by atoms with E-state index in [1.165, 1.54) is 24.1 Å². The third kappa shape index (κ3) is 7.91. The number of nitro groups is 1. The van der Waals surface area contributed by atoms with E-state index in [4.69, 9.17) is 4.74 Å². The molecule has 0 heterocycles. The molecular weight excluding hydrogens is 500 g/mol. The van der Waals surface area contributed by atoms with Crippen molar-refractivity contribution in [2.24, 2.45) is 0 Å². The lowest BCUT2D eigenvalue weighted by Gasteiger charge is -2.33. The molecule has 0 unspecified atom stereocenters. The number of anilines is 1. The van der Waals surface area contributed by atoms with E-state index in [0.29, 0.717) is 16.9 Å². The number of benzene rings is 2. The summed E-state index contributed by atoms with van der Waals surface area (Å²) in [7, 11) is -2.49. The van der Waals surface area contributed by atoms with Gasteiger partial charge >= 0.3 is 0 Å². The van der Waals surface area contributed by atoms with Crippen LogP contribution in [0, 0.1) is 17.0 Å². The van der Waals surface area contributed by atoms with Gasteiger partial charge in [0.2, 0.25) is 21.8 Å². The summed E-state index contributed by atoms with van der Waals surface area (Å²) < 4.78 is 31.5. The largest absolute Gasteiger partial charge is 0.497 e. The Morgan fingerprint density at radius 1 is 1.14 bits per heavy atom. The normalized spacial score (nSPS) is 12.1. The smallest absolute Gasteiger partial charge is 0.271 e. The van der Waals surface area contributed by atoms with Gasteiger partial charge in [-0.25, -0.2) is 8.42 Å². The number of nitrogens with zero attached hydrogens (tertiary/aromatic N) is 3. The summed E-state index contributed by atoms with van der Waals surface area (Å²) in [4.78, 5) is 38.7. The van der Waals surface area contributed by atoms with Gasteiger partial charge in [0, 0.05) is 24.7 Å². The fourth-order valence-electron chi connectivity index (χ4n) is 3.80. The SMILES string of the molecule is CC[C@H](C(=O)NC(C)C)N(Cc1ccc(OC)cc1)C(=O)CN(c1cc([N+](=O)[O-])ccc1C)S(C)(=O)=O.